The highest BCUT2D eigenvalue weighted by Crippen LogP contribution is 2.32. The molecule has 0 atom stereocenters. The molecule has 0 radical (unpaired) electrons. The Kier molecular flexibility index (Phi) is 4.80. The van der Waals surface area contributed by atoms with E-state index in [-0.39, 0.29) is 0 Å². The number of hydrogen-bond donors (Lipinski definition) is 1. The summed E-state index contributed by atoms with van der Waals surface area (Å²) in [6.45, 7) is 0.644. The lowest BCUT2D eigenvalue weighted by Crippen LogP contribution is -2.02. The molecule has 0 aliphatic carbocycles. The first-order valence-electron chi connectivity index (χ1n) is 5.61. The van der Waals surface area contributed by atoms with Gasteiger partial charge in [0.25, 0.3) is 0 Å². The van der Waals surface area contributed by atoms with E-state index < -0.39 is 0 Å². The molecule has 2 aromatic carbocycles. The number of hydrogen-bond acceptors (Lipinski definition) is 2. The first-order chi connectivity index (χ1) is 8.69. The van der Waals surface area contributed by atoms with Gasteiger partial charge in [0, 0.05) is 4.47 Å². The largest absolute Gasteiger partial charge is 0.456 e. The van der Waals surface area contributed by atoms with Crippen molar-refractivity contribution < 1.29 is 4.74 Å². The van der Waals surface area contributed by atoms with Crippen LogP contribution in [0, 0.1) is 0 Å². The van der Waals surface area contributed by atoms with Gasteiger partial charge in [0.05, 0.1) is 4.47 Å². The molecule has 2 N–H and O–H groups in total. The zero-order valence-electron chi connectivity index (χ0n) is 9.70. The summed E-state index contributed by atoms with van der Waals surface area (Å²) < 4.78 is 7.77. The molecule has 0 saturated heterocycles. The van der Waals surface area contributed by atoms with E-state index in [1.165, 1.54) is 5.56 Å². The van der Waals surface area contributed by atoms with Crippen LogP contribution in [0.2, 0.25) is 0 Å². The molecule has 2 aromatic rings. The maximum atomic E-state index is 5.84. The molecule has 4 heteroatoms. The van der Waals surface area contributed by atoms with Crippen molar-refractivity contribution in [1.82, 2.24) is 0 Å². The normalized spacial score (nSPS) is 10.4. The lowest BCUT2D eigenvalue weighted by Gasteiger charge is -2.09. The van der Waals surface area contributed by atoms with Crippen molar-refractivity contribution in [1.29, 1.82) is 0 Å². The van der Waals surface area contributed by atoms with Crippen molar-refractivity contribution in [2.24, 2.45) is 5.73 Å². The summed E-state index contributed by atoms with van der Waals surface area (Å²) in [5.41, 5.74) is 6.73. The Balaban J connectivity index is 2.20. The smallest absolute Gasteiger partial charge is 0.141 e. The van der Waals surface area contributed by atoms with Crippen LogP contribution in [0.1, 0.15) is 5.56 Å². The molecule has 0 amide bonds. The Labute approximate surface area is 123 Å². The molecule has 0 unspecified atom stereocenters. The maximum absolute atomic E-state index is 5.84. The second-order valence-corrected chi connectivity index (χ2v) is 5.63. The van der Waals surface area contributed by atoms with Crippen LogP contribution >= 0.6 is 31.9 Å². The third kappa shape index (κ3) is 3.57. The van der Waals surface area contributed by atoms with E-state index in [2.05, 4.69) is 37.9 Å². The van der Waals surface area contributed by atoms with E-state index in [0.717, 1.165) is 26.9 Å². The highest BCUT2D eigenvalue weighted by Gasteiger charge is 2.04. The SMILES string of the molecule is NCCc1cccc(Oc2ccc(Br)cc2Br)c1. The van der Waals surface area contributed by atoms with E-state index in [9.17, 15) is 0 Å². The molecule has 0 aliphatic heterocycles. The summed E-state index contributed by atoms with van der Waals surface area (Å²) in [4.78, 5) is 0. The van der Waals surface area contributed by atoms with Crippen molar-refractivity contribution in [3.63, 3.8) is 0 Å². The lowest BCUT2D eigenvalue weighted by atomic mass is 10.1. The van der Waals surface area contributed by atoms with Crippen LogP contribution in [0.15, 0.2) is 51.4 Å². The van der Waals surface area contributed by atoms with Gasteiger partial charge in [-0.2, -0.15) is 0 Å². The van der Waals surface area contributed by atoms with Gasteiger partial charge in [-0.1, -0.05) is 28.1 Å². The number of benzene rings is 2. The summed E-state index contributed by atoms with van der Waals surface area (Å²) in [6.07, 6.45) is 0.860. The molecule has 0 aliphatic rings. The number of ether oxygens (including phenoxy) is 1. The summed E-state index contributed by atoms with van der Waals surface area (Å²) >= 11 is 6.89. The van der Waals surface area contributed by atoms with Crippen molar-refractivity contribution in [3.8, 4) is 11.5 Å². The minimum atomic E-state index is 0.644. The molecule has 0 fully saturated rings. The zero-order chi connectivity index (χ0) is 13.0. The monoisotopic (exact) mass is 369 g/mol. The molecule has 0 heterocycles. The molecular weight excluding hydrogens is 358 g/mol. The van der Waals surface area contributed by atoms with E-state index in [0.29, 0.717) is 6.54 Å². The molecule has 94 valence electrons. The van der Waals surface area contributed by atoms with Gasteiger partial charge >= 0.3 is 0 Å². The van der Waals surface area contributed by atoms with Crippen molar-refractivity contribution in [2.45, 2.75) is 6.42 Å². The van der Waals surface area contributed by atoms with Crippen molar-refractivity contribution >= 4 is 31.9 Å². The quantitative estimate of drug-likeness (QED) is 0.859. The predicted octanol–water partition coefficient (Wildman–Crippen LogP) is 4.51. The third-order valence-electron chi connectivity index (χ3n) is 2.45. The fraction of sp³-hybridized carbons (Fsp3) is 0.143. The Morgan fingerprint density at radius 3 is 2.61 bits per heavy atom. The molecule has 0 bridgehead atoms. The van der Waals surface area contributed by atoms with Crippen LogP contribution in [-0.4, -0.2) is 6.54 Å². The fourth-order valence-electron chi connectivity index (χ4n) is 1.62. The minimum absolute atomic E-state index is 0.644. The first-order valence-corrected chi connectivity index (χ1v) is 7.19. The van der Waals surface area contributed by atoms with Gasteiger partial charge < -0.3 is 10.5 Å². The van der Waals surface area contributed by atoms with Crippen LogP contribution in [0.25, 0.3) is 0 Å². The Morgan fingerprint density at radius 2 is 1.89 bits per heavy atom. The first kappa shape index (κ1) is 13.6. The molecular formula is C14H13Br2NO. The molecule has 2 nitrogen and oxygen atoms in total. The average molecular weight is 371 g/mol. The number of rotatable bonds is 4. The summed E-state index contributed by atoms with van der Waals surface area (Å²) in [6, 6.07) is 13.8. The highest BCUT2D eigenvalue weighted by molar-refractivity contribution is 9.11. The van der Waals surface area contributed by atoms with E-state index in [1.807, 2.05) is 36.4 Å². The standard InChI is InChI=1S/C14H13Br2NO/c15-11-4-5-14(13(16)9-11)18-12-3-1-2-10(8-12)6-7-17/h1-5,8-9H,6-7,17H2. The topological polar surface area (TPSA) is 35.2 Å². The molecule has 0 spiro atoms. The Hall–Kier alpha value is -0.840. The van der Waals surface area contributed by atoms with Gasteiger partial charge in [-0.3, -0.25) is 0 Å². The van der Waals surface area contributed by atoms with Crippen molar-refractivity contribution in [2.75, 3.05) is 6.54 Å². The predicted molar refractivity (Wildman–Crippen MR) is 81.1 cm³/mol. The van der Waals surface area contributed by atoms with Gasteiger partial charge in [-0.05, 0) is 64.8 Å². The molecule has 0 aromatic heterocycles. The zero-order valence-corrected chi connectivity index (χ0v) is 12.9. The van der Waals surface area contributed by atoms with E-state index in [1.54, 1.807) is 0 Å². The van der Waals surface area contributed by atoms with Crippen LogP contribution in [-0.2, 0) is 6.42 Å². The third-order valence-corrected chi connectivity index (χ3v) is 3.57. The summed E-state index contributed by atoms with van der Waals surface area (Å²) in [5, 5.41) is 0. The van der Waals surface area contributed by atoms with Gasteiger partial charge in [-0.15, -0.1) is 0 Å². The van der Waals surface area contributed by atoms with E-state index in [4.69, 9.17) is 10.5 Å². The Morgan fingerprint density at radius 1 is 1.06 bits per heavy atom. The average Bonchev–Trinajstić information content (AvgIpc) is 2.34. The summed E-state index contributed by atoms with van der Waals surface area (Å²) in [5.74, 6) is 1.62. The molecule has 18 heavy (non-hydrogen) atoms. The summed E-state index contributed by atoms with van der Waals surface area (Å²) in [7, 11) is 0. The lowest BCUT2D eigenvalue weighted by molar-refractivity contribution is 0.479. The van der Waals surface area contributed by atoms with Crippen LogP contribution < -0.4 is 10.5 Å². The van der Waals surface area contributed by atoms with E-state index >= 15 is 0 Å². The van der Waals surface area contributed by atoms with Gasteiger partial charge in [0.1, 0.15) is 11.5 Å². The molecule has 2 rings (SSSR count). The second kappa shape index (κ2) is 6.36. The van der Waals surface area contributed by atoms with Crippen molar-refractivity contribution in [3.05, 3.63) is 57.0 Å². The fourth-order valence-corrected chi connectivity index (χ4v) is 2.74. The number of nitrogens with two attached hydrogens (primary N) is 1. The van der Waals surface area contributed by atoms with Crippen LogP contribution in [0.4, 0.5) is 0 Å². The Bertz CT molecular complexity index is 543. The van der Waals surface area contributed by atoms with Gasteiger partial charge in [0.2, 0.25) is 0 Å². The van der Waals surface area contributed by atoms with Gasteiger partial charge in [0.15, 0.2) is 0 Å². The van der Waals surface area contributed by atoms with Crippen LogP contribution in [0.5, 0.6) is 11.5 Å². The number of halogens is 2. The molecule has 0 saturated carbocycles. The van der Waals surface area contributed by atoms with Crippen LogP contribution in [0.3, 0.4) is 0 Å². The minimum Gasteiger partial charge on any atom is -0.456 e. The maximum Gasteiger partial charge on any atom is 0.141 e. The highest BCUT2D eigenvalue weighted by atomic mass is 79.9. The second-order valence-electron chi connectivity index (χ2n) is 3.86. The van der Waals surface area contributed by atoms with Gasteiger partial charge in [-0.25, -0.2) is 0 Å².